The average molecular weight is 907 g/mol. The lowest BCUT2D eigenvalue weighted by Crippen LogP contribution is -2.66. The molecule has 35 heteroatoms. The van der Waals surface area contributed by atoms with Gasteiger partial charge in [0.1, 0.15) is 48.3 Å². The Morgan fingerprint density at radius 2 is 1.06 bits per heavy atom. The van der Waals surface area contributed by atoms with Gasteiger partial charge in [0, 0.05) is 19.5 Å². The van der Waals surface area contributed by atoms with Gasteiger partial charge in [0.05, 0.1) is 17.0 Å². The number of aryl methyl sites for hydroxylation is 1. The second-order valence-corrected chi connectivity index (χ2v) is 18.9. The smallest absolute Gasteiger partial charge is 0.383 e. The van der Waals surface area contributed by atoms with Gasteiger partial charge in [0.2, 0.25) is 5.51 Å². The zero-order valence-corrected chi connectivity index (χ0v) is 32.7. The molecule has 13 N–H and O–H groups in total. The van der Waals surface area contributed by atoms with Crippen LogP contribution < -0.4 is 10.3 Å². The maximum absolute atomic E-state index is 13.2. The number of aromatic nitrogens is 3. The van der Waals surface area contributed by atoms with Crippen molar-refractivity contribution >= 4 is 64.1 Å². The van der Waals surface area contributed by atoms with E-state index in [1.165, 1.54) is 6.20 Å². The monoisotopic (exact) mass is 907 g/mol. The SMILES string of the molecule is Cc1ncc(C[n+]2csc(CCOP(=O)(O)OC3[C@@H](OP(=O)(O)O)[C@H](OP(=O)(O)O)C(OP(=O)(O)O)[C@H](OP(=O)(O)O)[C@@H]3OP(=O)(O)O)c2C)c(N)n1. The van der Waals surface area contributed by atoms with Crippen molar-refractivity contribution in [2.45, 2.75) is 63.4 Å². The van der Waals surface area contributed by atoms with E-state index in [-0.39, 0.29) is 18.8 Å². The molecular formula is C18H33N4O24P6S+. The summed E-state index contributed by atoms with van der Waals surface area (Å²) in [6.07, 6.45) is -17.5. The topological polar surface area (TPSA) is 445 Å². The summed E-state index contributed by atoms with van der Waals surface area (Å²) in [5, 5.41) is 0. The third-order valence-corrected chi connectivity index (χ3v) is 11.3. The Kier molecular flexibility index (Phi) is 15.2. The van der Waals surface area contributed by atoms with Crippen molar-refractivity contribution < 1.29 is 117 Å². The zero-order valence-electron chi connectivity index (χ0n) is 26.5. The molecule has 0 saturated heterocycles. The fourth-order valence-corrected chi connectivity index (χ4v) is 9.43. The molecular weight excluding hydrogens is 874 g/mol. The van der Waals surface area contributed by atoms with Crippen molar-refractivity contribution in [3.63, 3.8) is 0 Å². The Morgan fingerprint density at radius 1 is 0.679 bits per heavy atom. The molecule has 0 aromatic carbocycles. The molecule has 2 aromatic heterocycles. The highest BCUT2D eigenvalue weighted by Gasteiger charge is 2.63. The zero-order chi connectivity index (χ0) is 40.5. The van der Waals surface area contributed by atoms with E-state index < -0.39 is 90.2 Å². The van der Waals surface area contributed by atoms with E-state index in [1.807, 2.05) is 0 Å². The van der Waals surface area contributed by atoms with Crippen LogP contribution in [0.2, 0.25) is 0 Å². The first kappa shape index (κ1) is 46.6. The van der Waals surface area contributed by atoms with Crippen LogP contribution in [-0.4, -0.2) is 107 Å². The van der Waals surface area contributed by atoms with Crippen molar-refractivity contribution in [2.75, 3.05) is 12.3 Å². The first-order valence-electron chi connectivity index (χ1n) is 13.7. The van der Waals surface area contributed by atoms with Crippen LogP contribution in [0.15, 0.2) is 11.7 Å². The van der Waals surface area contributed by atoms with E-state index in [1.54, 1.807) is 23.9 Å². The summed E-state index contributed by atoms with van der Waals surface area (Å²) >= 11 is 1.14. The van der Waals surface area contributed by atoms with E-state index in [2.05, 4.69) is 32.6 Å². The lowest BCUT2D eigenvalue weighted by molar-refractivity contribution is -0.689. The van der Waals surface area contributed by atoms with Crippen LogP contribution in [0.25, 0.3) is 0 Å². The van der Waals surface area contributed by atoms with Crippen LogP contribution in [0.5, 0.6) is 0 Å². The molecule has 3 rings (SSSR count). The lowest BCUT2D eigenvalue weighted by atomic mass is 9.85. The molecule has 53 heavy (non-hydrogen) atoms. The van der Waals surface area contributed by atoms with Crippen molar-refractivity contribution in [2.24, 2.45) is 0 Å². The molecule has 0 spiro atoms. The standard InChI is InChI=1S/C18H32N4O24P6S/c1-8-11(53-7-22(8)6-10-5-20-9(2)21-18(10)19)3-4-40-52(38,39)46-17-15(44-50(32,33)34)13(42-48(26,27)28)12(41-47(23,24)25)14(43-49(29,30)31)16(17)45-51(35,36)37/h5,7,12-17H,3-4,6H2,1-2H3,(H12-,19,20,21,23,24,25,26,27,28,29,30,31,32,33,34,35,36,37,38,39)/p+1/t12?,13-,14+,15-,16-,17?/m0/s1. The van der Waals surface area contributed by atoms with Crippen LogP contribution in [0.4, 0.5) is 5.82 Å². The first-order valence-corrected chi connectivity index (χ1v) is 23.8. The van der Waals surface area contributed by atoms with Gasteiger partial charge in [0.15, 0.2) is 12.2 Å². The Morgan fingerprint density at radius 3 is 1.42 bits per heavy atom. The summed E-state index contributed by atoms with van der Waals surface area (Å²) in [4.78, 5) is 115. The number of phosphoric acid groups is 6. The predicted molar refractivity (Wildman–Crippen MR) is 168 cm³/mol. The molecule has 1 fully saturated rings. The molecule has 1 aliphatic carbocycles. The Labute approximate surface area is 300 Å². The van der Waals surface area contributed by atoms with Gasteiger partial charge in [0.25, 0.3) is 0 Å². The third-order valence-electron chi connectivity index (χ3n) is 6.59. The number of hydrogen-bond donors (Lipinski definition) is 12. The Bertz CT molecular complexity index is 1840. The summed E-state index contributed by atoms with van der Waals surface area (Å²) in [5.41, 5.74) is 8.73. The summed E-state index contributed by atoms with van der Waals surface area (Å²) in [5.74, 6) is 0.647. The van der Waals surface area contributed by atoms with Gasteiger partial charge in [-0.1, -0.05) is 11.3 Å². The minimum absolute atomic E-state index is 0.168. The first-order chi connectivity index (χ1) is 23.8. The molecule has 1 saturated carbocycles. The molecule has 304 valence electrons. The molecule has 0 bridgehead atoms. The van der Waals surface area contributed by atoms with Crippen LogP contribution >= 0.6 is 58.3 Å². The molecule has 1 aliphatic rings. The number of nitrogens with two attached hydrogens (primary N) is 1. The van der Waals surface area contributed by atoms with Crippen molar-refractivity contribution in [1.82, 2.24) is 9.97 Å². The molecule has 3 unspecified atom stereocenters. The second kappa shape index (κ2) is 17.3. The predicted octanol–water partition coefficient (Wildman–Crippen LogP) is -1.48. The molecule has 0 radical (unpaired) electrons. The second-order valence-electron chi connectivity index (χ2n) is 10.6. The number of nitrogen functional groups attached to an aromatic ring is 1. The van der Waals surface area contributed by atoms with Crippen LogP contribution in [0.3, 0.4) is 0 Å². The maximum atomic E-state index is 13.2. The highest BCUT2D eigenvalue weighted by molar-refractivity contribution is 7.48. The third kappa shape index (κ3) is 15.2. The number of nitrogens with zero attached hydrogens (tertiary/aromatic N) is 3. The van der Waals surface area contributed by atoms with Gasteiger partial charge >= 0.3 is 46.9 Å². The van der Waals surface area contributed by atoms with Gasteiger partial charge < -0.3 is 59.6 Å². The summed E-state index contributed by atoms with van der Waals surface area (Å²) in [6, 6.07) is 0. The van der Waals surface area contributed by atoms with Gasteiger partial charge in [-0.05, 0) is 6.92 Å². The van der Waals surface area contributed by atoms with Gasteiger partial charge in [-0.3, -0.25) is 31.7 Å². The highest BCUT2D eigenvalue weighted by atomic mass is 32.1. The fourth-order valence-electron chi connectivity index (χ4n) is 4.74. The minimum atomic E-state index is -6.09. The molecule has 2 aromatic rings. The van der Waals surface area contributed by atoms with Crippen LogP contribution in [0, 0.1) is 13.8 Å². The number of hydrogen-bond acceptors (Lipinski definition) is 17. The van der Waals surface area contributed by atoms with Crippen molar-refractivity contribution in [3.05, 3.63) is 33.7 Å². The molecule has 28 nitrogen and oxygen atoms in total. The maximum Gasteiger partial charge on any atom is 0.472 e. The van der Waals surface area contributed by atoms with Crippen LogP contribution in [-0.2, 0) is 72.0 Å². The largest absolute Gasteiger partial charge is 0.472 e. The molecule has 0 aliphatic heterocycles. The average Bonchev–Trinajstić information content (AvgIpc) is 3.27. The number of anilines is 1. The van der Waals surface area contributed by atoms with E-state index >= 15 is 0 Å². The molecule has 2 heterocycles. The van der Waals surface area contributed by atoms with Crippen molar-refractivity contribution in [1.29, 1.82) is 0 Å². The quantitative estimate of drug-likeness (QED) is 0.0599. The van der Waals surface area contributed by atoms with E-state index in [0.29, 0.717) is 22.0 Å². The van der Waals surface area contributed by atoms with Gasteiger partial charge in [-0.2, -0.15) is 4.57 Å². The van der Waals surface area contributed by atoms with E-state index in [9.17, 15) is 81.2 Å². The highest BCUT2D eigenvalue weighted by Crippen LogP contribution is 2.58. The van der Waals surface area contributed by atoms with E-state index in [0.717, 1.165) is 11.3 Å². The summed E-state index contributed by atoms with van der Waals surface area (Å²) in [7, 11) is -36.2. The van der Waals surface area contributed by atoms with Crippen molar-refractivity contribution in [3.8, 4) is 0 Å². The minimum Gasteiger partial charge on any atom is -0.383 e. The van der Waals surface area contributed by atoms with E-state index in [4.69, 9.17) is 14.8 Å². The van der Waals surface area contributed by atoms with Gasteiger partial charge in [-0.25, -0.2) is 37.4 Å². The van der Waals surface area contributed by atoms with Gasteiger partial charge in [-0.15, -0.1) is 0 Å². The molecule has 7 atom stereocenters. The molecule has 0 amide bonds. The normalized spacial score (nSPS) is 24.6. The number of rotatable bonds is 18. The van der Waals surface area contributed by atoms with Crippen LogP contribution in [0.1, 0.15) is 22.0 Å². The fraction of sp³-hybridized carbons (Fsp3) is 0.611. The lowest BCUT2D eigenvalue weighted by Gasteiger charge is -2.48. The summed E-state index contributed by atoms with van der Waals surface area (Å²) in [6.45, 7) is 2.76. The Hall–Kier alpha value is -0.830. The Balaban J connectivity index is 2.03. The summed E-state index contributed by atoms with van der Waals surface area (Å²) < 4.78 is 106. The number of phosphoric ester groups is 6. The number of thiazole rings is 1.